The molecule has 0 aliphatic carbocycles. The van der Waals surface area contributed by atoms with Crippen LogP contribution in [0.15, 0.2) is 40.4 Å². The summed E-state index contributed by atoms with van der Waals surface area (Å²) in [5.74, 6) is -0.354. The highest BCUT2D eigenvalue weighted by atomic mass is 32.2. The Bertz CT molecular complexity index is 594. The SMILES string of the molecule is COC(=O)c1ccccc1Sc1nc(C)cc(C)n1. The Morgan fingerprint density at radius 1 is 1.16 bits per heavy atom. The van der Waals surface area contributed by atoms with Gasteiger partial charge >= 0.3 is 5.97 Å². The first-order chi connectivity index (χ1) is 9.10. The molecule has 0 saturated carbocycles. The van der Waals surface area contributed by atoms with E-state index in [1.54, 1.807) is 12.1 Å². The molecule has 5 heteroatoms. The van der Waals surface area contributed by atoms with Crippen molar-refractivity contribution in [1.82, 2.24) is 9.97 Å². The molecule has 98 valence electrons. The minimum absolute atomic E-state index is 0.354. The zero-order valence-corrected chi connectivity index (χ0v) is 11.8. The first kappa shape index (κ1) is 13.5. The highest BCUT2D eigenvalue weighted by Crippen LogP contribution is 2.28. The molecule has 0 N–H and O–H groups in total. The fraction of sp³-hybridized carbons (Fsp3) is 0.214. The molecule has 1 aromatic carbocycles. The smallest absolute Gasteiger partial charge is 0.339 e. The van der Waals surface area contributed by atoms with Gasteiger partial charge in [-0.1, -0.05) is 12.1 Å². The van der Waals surface area contributed by atoms with Crippen LogP contribution in [0.1, 0.15) is 21.7 Å². The summed E-state index contributed by atoms with van der Waals surface area (Å²) in [6, 6.07) is 9.18. The average molecular weight is 274 g/mol. The second kappa shape index (κ2) is 5.84. The number of carbonyl (C=O) groups excluding carboxylic acids is 1. The second-order valence-corrected chi connectivity index (χ2v) is 5.03. The molecule has 0 fully saturated rings. The molecule has 0 saturated heterocycles. The van der Waals surface area contributed by atoms with Crippen LogP contribution in [0.2, 0.25) is 0 Å². The number of hydrogen-bond donors (Lipinski definition) is 0. The predicted molar refractivity (Wildman–Crippen MR) is 73.4 cm³/mol. The van der Waals surface area contributed by atoms with Crippen molar-refractivity contribution in [2.75, 3.05) is 7.11 Å². The van der Waals surface area contributed by atoms with Crippen LogP contribution in [-0.2, 0) is 4.74 Å². The molecule has 1 heterocycles. The molecule has 0 atom stereocenters. The Morgan fingerprint density at radius 2 is 1.79 bits per heavy atom. The standard InChI is InChI=1S/C14H14N2O2S/c1-9-8-10(2)16-14(15-9)19-12-7-5-4-6-11(12)13(17)18-3/h4-8H,1-3H3. The highest BCUT2D eigenvalue weighted by Gasteiger charge is 2.13. The van der Waals surface area contributed by atoms with Gasteiger partial charge in [0.1, 0.15) is 0 Å². The molecule has 19 heavy (non-hydrogen) atoms. The summed E-state index contributed by atoms with van der Waals surface area (Å²) in [6.45, 7) is 3.84. The Labute approximate surface area is 116 Å². The van der Waals surface area contributed by atoms with Gasteiger partial charge in [-0.15, -0.1) is 0 Å². The van der Waals surface area contributed by atoms with Gasteiger partial charge in [-0.2, -0.15) is 0 Å². The van der Waals surface area contributed by atoms with Crippen LogP contribution < -0.4 is 0 Å². The summed E-state index contributed by atoms with van der Waals surface area (Å²) < 4.78 is 4.77. The Hall–Kier alpha value is -1.88. The van der Waals surface area contributed by atoms with Gasteiger partial charge in [0, 0.05) is 16.3 Å². The van der Waals surface area contributed by atoms with E-state index in [1.807, 2.05) is 32.0 Å². The van der Waals surface area contributed by atoms with Crippen molar-refractivity contribution >= 4 is 17.7 Å². The number of benzene rings is 1. The molecule has 0 radical (unpaired) electrons. The molecule has 2 aromatic rings. The Kier molecular flexibility index (Phi) is 4.16. The molecule has 4 nitrogen and oxygen atoms in total. The van der Waals surface area contributed by atoms with Gasteiger partial charge in [0.25, 0.3) is 0 Å². The lowest BCUT2D eigenvalue weighted by Crippen LogP contribution is -2.03. The van der Waals surface area contributed by atoms with Gasteiger partial charge in [0.2, 0.25) is 0 Å². The van der Waals surface area contributed by atoms with E-state index in [4.69, 9.17) is 4.74 Å². The minimum Gasteiger partial charge on any atom is -0.465 e. The third kappa shape index (κ3) is 3.32. The fourth-order valence-electron chi connectivity index (χ4n) is 1.67. The van der Waals surface area contributed by atoms with Crippen molar-refractivity contribution in [3.05, 3.63) is 47.3 Å². The van der Waals surface area contributed by atoms with E-state index in [0.717, 1.165) is 16.3 Å². The van der Waals surface area contributed by atoms with Gasteiger partial charge in [-0.25, -0.2) is 14.8 Å². The molecule has 0 amide bonds. The topological polar surface area (TPSA) is 52.1 Å². The molecule has 0 aliphatic rings. The van der Waals surface area contributed by atoms with E-state index in [9.17, 15) is 4.79 Å². The predicted octanol–water partition coefficient (Wildman–Crippen LogP) is 3.03. The van der Waals surface area contributed by atoms with E-state index in [0.29, 0.717) is 10.7 Å². The molecular formula is C14H14N2O2S. The number of nitrogens with zero attached hydrogens (tertiary/aromatic N) is 2. The lowest BCUT2D eigenvalue weighted by molar-refractivity contribution is 0.0597. The zero-order chi connectivity index (χ0) is 13.8. The van der Waals surface area contributed by atoms with Crippen LogP contribution >= 0.6 is 11.8 Å². The number of ether oxygens (including phenoxy) is 1. The maximum absolute atomic E-state index is 11.7. The molecule has 0 spiro atoms. The number of esters is 1. The van der Waals surface area contributed by atoms with Crippen molar-refractivity contribution in [2.24, 2.45) is 0 Å². The summed E-state index contributed by atoms with van der Waals surface area (Å²) in [6.07, 6.45) is 0. The van der Waals surface area contributed by atoms with E-state index >= 15 is 0 Å². The lowest BCUT2D eigenvalue weighted by atomic mass is 10.2. The van der Waals surface area contributed by atoms with Crippen molar-refractivity contribution < 1.29 is 9.53 Å². The van der Waals surface area contributed by atoms with E-state index in [1.165, 1.54) is 18.9 Å². The number of methoxy groups -OCH3 is 1. The van der Waals surface area contributed by atoms with E-state index in [2.05, 4.69) is 9.97 Å². The Morgan fingerprint density at radius 3 is 2.42 bits per heavy atom. The van der Waals surface area contributed by atoms with Gasteiger partial charge in [0.15, 0.2) is 5.16 Å². The summed E-state index contributed by atoms with van der Waals surface area (Å²) in [7, 11) is 1.37. The van der Waals surface area contributed by atoms with Crippen molar-refractivity contribution in [3.8, 4) is 0 Å². The maximum atomic E-state index is 11.7. The van der Waals surface area contributed by atoms with Crippen LogP contribution in [-0.4, -0.2) is 23.0 Å². The van der Waals surface area contributed by atoms with E-state index in [-0.39, 0.29) is 5.97 Å². The Balaban J connectivity index is 2.35. The summed E-state index contributed by atoms with van der Waals surface area (Å²) >= 11 is 1.36. The van der Waals surface area contributed by atoms with Crippen LogP contribution in [0, 0.1) is 13.8 Å². The van der Waals surface area contributed by atoms with Gasteiger partial charge < -0.3 is 4.74 Å². The van der Waals surface area contributed by atoms with Gasteiger partial charge in [0.05, 0.1) is 12.7 Å². The summed E-state index contributed by atoms with van der Waals surface area (Å²) in [5.41, 5.74) is 2.34. The number of aryl methyl sites for hydroxylation is 2. The molecule has 0 aliphatic heterocycles. The molecular weight excluding hydrogens is 260 g/mol. The van der Waals surface area contributed by atoms with Gasteiger partial charge in [-0.05, 0) is 43.8 Å². The van der Waals surface area contributed by atoms with Crippen LogP contribution in [0.4, 0.5) is 0 Å². The van der Waals surface area contributed by atoms with Crippen LogP contribution in [0.25, 0.3) is 0 Å². The molecule has 0 unspecified atom stereocenters. The monoisotopic (exact) mass is 274 g/mol. The van der Waals surface area contributed by atoms with Crippen molar-refractivity contribution in [3.63, 3.8) is 0 Å². The van der Waals surface area contributed by atoms with Crippen LogP contribution in [0.3, 0.4) is 0 Å². The number of rotatable bonds is 3. The van der Waals surface area contributed by atoms with Crippen LogP contribution in [0.5, 0.6) is 0 Å². The van der Waals surface area contributed by atoms with Crippen molar-refractivity contribution in [1.29, 1.82) is 0 Å². The average Bonchev–Trinajstić information content (AvgIpc) is 2.37. The lowest BCUT2D eigenvalue weighted by Gasteiger charge is -2.07. The third-order valence-corrected chi connectivity index (χ3v) is 3.40. The summed E-state index contributed by atoms with van der Waals surface area (Å²) in [5, 5.41) is 0.633. The normalized spacial score (nSPS) is 10.3. The molecule has 0 bridgehead atoms. The molecule has 2 rings (SSSR count). The number of aromatic nitrogens is 2. The number of carbonyl (C=O) groups is 1. The van der Waals surface area contributed by atoms with Gasteiger partial charge in [-0.3, -0.25) is 0 Å². The fourth-order valence-corrected chi connectivity index (χ4v) is 2.66. The third-order valence-electron chi connectivity index (χ3n) is 2.46. The first-order valence-electron chi connectivity index (χ1n) is 5.77. The maximum Gasteiger partial charge on any atom is 0.339 e. The number of hydrogen-bond acceptors (Lipinski definition) is 5. The summed E-state index contributed by atoms with van der Waals surface area (Å²) in [4.78, 5) is 21.2. The second-order valence-electron chi connectivity index (χ2n) is 4.02. The highest BCUT2D eigenvalue weighted by molar-refractivity contribution is 7.99. The van der Waals surface area contributed by atoms with Crippen molar-refractivity contribution in [2.45, 2.75) is 23.9 Å². The molecule has 1 aromatic heterocycles. The first-order valence-corrected chi connectivity index (χ1v) is 6.59. The minimum atomic E-state index is -0.354. The zero-order valence-electron chi connectivity index (χ0n) is 11.0. The quantitative estimate of drug-likeness (QED) is 0.636. The van der Waals surface area contributed by atoms with E-state index < -0.39 is 0 Å². The largest absolute Gasteiger partial charge is 0.465 e.